The molecule has 0 fully saturated rings. The van der Waals surface area contributed by atoms with Gasteiger partial charge in [0.2, 0.25) is 5.95 Å². The van der Waals surface area contributed by atoms with E-state index in [1.807, 2.05) is 35.9 Å². The zero-order chi connectivity index (χ0) is 14.3. The monoisotopic (exact) mass is 381 g/mol. The Morgan fingerprint density at radius 2 is 2.05 bits per heavy atom. The van der Waals surface area contributed by atoms with E-state index in [2.05, 4.69) is 38.0 Å². The van der Waals surface area contributed by atoms with Crippen molar-refractivity contribution in [3.63, 3.8) is 0 Å². The van der Waals surface area contributed by atoms with Crippen LogP contribution >= 0.6 is 22.6 Å². The fourth-order valence-corrected chi connectivity index (χ4v) is 2.80. The van der Waals surface area contributed by atoms with Crippen molar-refractivity contribution in [2.24, 2.45) is 14.1 Å². The molecule has 0 aliphatic heterocycles. The summed E-state index contributed by atoms with van der Waals surface area (Å²) in [5.74, 6) is 0.306. The van der Waals surface area contributed by atoms with E-state index >= 15 is 0 Å². The van der Waals surface area contributed by atoms with Crippen molar-refractivity contribution >= 4 is 45.5 Å². The Morgan fingerprint density at radius 3 is 2.70 bits per heavy atom. The van der Waals surface area contributed by atoms with E-state index in [1.165, 1.54) is 0 Å². The maximum Gasteiger partial charge on any atom is 0.277 e. The van der Waals surface area contributed by atoms with Gasteiger partial charge in [0.15, 0.2) is 0 Å². The number of amides is 1. The SMILES string of the molecule is Cn1ncc(I)c1C(=O)Nc1nc2ccccc2n1C. The summed E-state index contributed by atoms with van der Waals surface area (Å²) in [5, 5.41) is 6.90. The second-order valence-corrected chi connectivity index (χ2v) is 5.56. The van der Waals surface area contributed by atoms with Crippen molar-refractivity contribution in [1.29, 1.82) is 0 Å². The number of aryl methyl sites for hydroxylation is 2. The third-order valence-corrected chi connectivity index (χ3v) is 3.91. The molecule has 1 amide bonds. The zero-order valence-electron chi connectivity index (χ0n) is 11.0. The largest absolute Gasteiger partial charge is 0.313 e. The van der Waals surface area contributed by atoms with Crippen LogP contribution in [-0.2, 0) is 14.1 Å². The van der Waals surface area contributed by atoms with Crippen LogP contribution in [0.4, 0.5) is 5.95 Å². The van der Waals surface area contributed by atoms with Gasteiger partial charge >= 0.3 is 0 Å². The number of aromatic nitrogens is 4. The van der Waals surface area contributed by atoms with Crippen molar-refractivity contribution in [3.05, 3.63) is 39.7 Å². The van der Waals surface area contributed by atoms with Crippen molar-refractivity contribution in [2.75, 3.05) is 5.32 Å². The highest BCUT2D eigenvalue weighted by Crippen LogP contribution is 2.19. The van der Waals surface area contributed by atoms with E-state index in [-0.39, 0.29) is 5.91 Å². The van der Waals surface area contributed by atoms with Crippen LogP contribution in [0.3, 0.4) is 0 Å². The van der Waals surface area contributed by atoms with E-state index in [9.17, 15) is 4.79 Å². The van der Waals surface area contributed by atoms with Crippen molar-refractivity contribution < 1.29 is 4.79 Å². The molecule has 2 heterocycles. The predicted molar refractivity (Wildman–Crippen MR) is 84.6 cm³/mol. The number of carbonyl (C=O) groups excluding carboxylic acids is 1. The number of hydrogen-bond donors (Lipinski definition) is 1. The molecule has 0 radical (unpaired) electrons. The van der Waals surface area contributed by atoms with Crippen molar-refractivity contribution in [2.45, 2.75) is 0 Å². The molecule has 20 heavy (non-hydrogen) atoms. The Labute approximate surface area is 128 Å². The number of nitrogens with one attached hydrogen (secondary N) is 1. The first-order valence-corrected chi connectivity index (χ1v) is 7.06. The van der Waals surface area contributed by atoms with E-state index in [0.29, 0.717) is 11.6 Å². The first-order valence-electron chi connectivity index (χ1n) is 5.98. The van der Waals surface area contributed by atoms with E-state index < -0.39 is 0 Å². The molecule has 0 bridgehead atoms. The molecule has 3 rings (SSSR count). The van der Waals surface area contributed by atoms with Gasteiger partial charge in [0.05, 0.1) is 20.8 Å². The lowest BCUT2D eigenvalue weighted by Crippen LogP contribution is -2.19. The van der Waals surface area contributed by atoms with Crippen molar-refractivity contribution in [1.82, 2.24) is 19.3 Å². The Hall–Kier alpha value is -1.90. The molecule has 1 N–H and O–H groups in total. The molecule has 0 unspecified atom stereocenters. The number of para-hydroxylation sites is 2. The number of fused-ring (bicyclic) bond motifs is 1. The number of hydrogen-bond acceptors (Lipinski definition) is 3. The van der Waals surface area contributed by atoms with Crippen molar-refractivity contribution in [3.8, 4) is 0 Å². The van der Waals surface area contributed by atoms with Crippen LogP contribution in [0, 0.1) is 3.57 Å². The van der Waals surface area contributed by atoms with Crippen LogP contribution in [-0.4, -0.2) is 25.2 Å². The average Bonchev–Trinajstić information content (AvgIpc) is 2.92. The molecule has 0 spiro atoms. The van der Waals surface area contributed by atoms with Gasteiger partial charge in [-0.1, -0.05) is 12.1 Å². The lowest BCUT2D eigenvalue weighted by molar-refractivity contribution is 0.101. The quantitative estimate of drug-likeness (QED) is 0.692. The molecule has 3 aromatic rings. The number of nitrogens with zero attached hydrogens (tertiary/aromatic N) is 4. The average molecular weight is 381 g/mol. The molecule has 6 nitrogen and oxygen atoms in total. The first-order chi connectivity index (χ1) is 9.58. The number of anilines is 1. The van der Waals surface area contributed by atoms with Crippen LogP contribution in [0.1, 0.15) is 10.5 Å². The summed E-state index contributed by atoms with van der Waals surface area (Å²) < 4.78 is 4.22. The predicted octanol–water partition coefficient (Wildman–Crippen LogP) is 2.16. The van der Waals surface area contributed by atoms with Gasteiger partial charge in [0.1, 0.15) is 5.69 Å². The molecule has 2 aromatic heterocycles. The van der Waals surface area contributed by atoms with Crippen LogP contribution in [0.25, 0.3) is 11.0 Å². The fourth-order valence-electron chi connectivity index (χ4n) is 2.08. The lowest BCUT2D eigenvalue weighted by Gasteiger charge is -2.05. The van der Waals surface area contributed by atoms with Crippen LogP contribution in [0.5, 0.6) is 0 Å². The fraction of sp³-hybridized carbons (Fsp3) is 0.154. The summed E-state index contributed by atoms with van der Waals surface area (Å²) in [6.07, 6.45) is 1.66. The topological polar surface area (TPSA) is 64.7 Å². The van der Waals surface area contributed by atoms with E-state index in [1.54, 1.807) is 17.9 Å². The van der Waals surface area contributed by atoms with Gasteiger partial charge in [-0.05, 0) is 34.7 Å². The molecule has 0 saturated carbocycles. The van der Waals surface area contributed by atoms with Gasteiger partial charge in [-0.15, -0.1) is 0 Å². The Bertz CT molecular complexity index is 785. The Kier molecular flexibility index (Phi) is 3.20. The van der Waals surface area contributed by atoms with Crippen LogP contribution in [0.15, 0.2) is 30.5 Å². The van der Waals surface area contributed by atoms with Gasteiger partial charge in [0, 0.05) is 14.1 Å². The standard InChI is InChI=1S/C13H12IN5O/c1-18-10-6-4-3-5-9(10)16-13(18)17-12(20)11-8(14)7-15-19(11)2/h3-7H,1-2H3,(H,16,17,20). The molecule has 7 heteroatoms. The number of rotatable bonds is 2. The minimum Gasteiger partial charge on any atom is -0.313 e. The maximum absolute atomic E-state index is 12.3. The summed E-state index contributed by atoms with van der Waals surface area (Å²) in [5.41, 5.74) is 2.35. The Balaban J connectivity index is 1.97. The highest BCUT2D eigenvalue weighted by atomic mass is 127. The van der Waals surface area contributed by atoms with Gasteiger partial charge in [-0.25, -0.2) is 4.98 Å². The Morgan fingerprint density at radius 1 is 1.30 bits per heavy atom. The summed E-state index contributed by atoms with van der Waals surface area (Å²) in [7, 11) is 3.62. The van der Waals surface area contributed by atoms with E-state index in [0.717, 1.165) is 14.6 Å². The molecule has 0 aliphatic carbocycles. The molecule has 0 aliphatic rings. The number of benzene rings is 1. The first kappa shape index (κ1) is 13.1. The summed E-state index contributed by atoms with van der Waals surface area (Å²) in [4.78, 5) is 16.7. The zero-order valence-corrected chi connectivity index (χ0v) is 13.1. The number of imidazole rings is 1. The lowest BCUT2D eigenvalue weighted by atomic mass is 10.3. The normalized spacial score (nSPS) is 10.9. The highest BCUT2D eigenvalue weighted by molar-refractivity contribution is 14.1. The second kappa shape index (κ2) is 4.89. The van der Waals surface area contributed by atoms with Gasteiger partial charge in [-0.2, -0.15) is 5.10 Å². The summed E-state index contributed by atoms with van der Waals surface area (Å²) >= 11 is 2.09. The third-order valence-electron chi connectivity index (χ3n) is 3.12. The molecule has 1 aromatic carbocycles. The maximum atomic E-state index is 12.3. The molecule has 0 saturated heterocycles. The molecular weight excluding hydrogens is 369 g/mol. The summed E-state index contributed by atoms with van der Waals surface area (Å²) in [6, 6.07) is 7.75. The molecule has 102 valence electrons. The van der Waals surface area contributed by atoms with E-state index in [4.69, 9.17) is 0 Å². The molecular formula is C13H12IN5O. The highest BCUT2D eigenvalue weighted by Gasteiger charge is 2.17. The minimum absolute atomic E-state index is 0.215. The van der Waals surface area contributed by atoms with Gasteiger partial charge < -0.3 is 4.57 Å². The van der Waals surface area contributed by atoms with Crippen LogP contribution in [0.2, 0.25) is 0 Å². The van der Waals surface area contributed by atoms with Gasteiger partial charge in [0.25, 0.3) is 5.91 Å². The number of carbonyl (C=O) groups is 1. The summed E-state index contributed by atoms with van der Waals surface area (Å²) in [6.45, 7) is 0. The van der Waals surface area contributed by atoms with Crippen LogP contribution < -0.4 is 5.32 Å². The second-order valence-electron chi connectivity index (χ2n) is 4.40. The van der Waals surface area contributed by atoms with Gasteiger partial charge in [-0.3, -0.25) is 14.8 Å². The number of halogens is 1. The molecule has 0 atom stereocenters. The third kappa shape index (κ3) is 2.07. The minimum atomic E-state index is -0.215. The smallest absolute Gasteiger partial charge is 0.277 e.